The first kappa shape index (κ1) is 22.2. The zero-order valence-corrected chi connectivity index (χ0v) is 18.3. The van der Waals surface area contributed by atoms with E-state index in [0.717, 1.165) is 0 Å². The van der Waals surface area contributed by atoms with Gasteiger partial charge in [-0.2, -0.15) is 0 Å². The first-order chi connectivity index (χ1) is 13.6. The molecular weight excluding hydrogens is 392 g/mol. The van der Waals surface area contributed by atoms with Gasteiger partial charge in [-0.25, -0.2) is 0 Å². The van der Waals surface area contributed by atoms with Crippen molar-refractivity contribution < 1.29 is 24.6 Å². The van der Waals surface area contributed by atoms with Gasteiger partial charge in [0.05, 0.1) is 16.6 Å². The minimum Gasteiger partial charge on any atom is -0.481 e. The van der Waals surface area contributed by atoms with Gasteiger partial charge in [0.1, 0.15) is 6.04 Å². The second-order valence-corrected chi connectivity index (χ2v) is 10.8. The molecule has 1 spiro atoms. The van der Waals surface area contributed by atoms with Crippen molar-refractivity contribution in [2.24, 2.45) is 11.8 Å². The zero-order valence-electron chi connectivity index (χ0n) is 17.5. The number of hydrogen-bond donors (Lipinski definition) is 2. The summed E-state index contributed by atoms with van der Waals surface area (Å²) in [5.74, 6) is -2.74. The Morgan fingerprint density at radius 1 is 1.38 bits per heavy atom. The number of aliphatic carboxylic acids is 1. The molecular formula is C21H32N2O5S. The Labute approximate surface area is 176 Å². The third-order valence-corrected chi connectivity index (χ3v) is 8.80. The number of carboxylic acid groups (broad SMARTS) is 1. The lowest BCUT2D eigenvalue weighted by atomic mass is 9.66. The molecule has 3 fully saturated rings. The number of carboxylic acids is 1. The maximum atomic E-state index is 13.7. The molecule has 3 aliphatic rings. The standard InChI is InChI=1S/C21H32N2O5S/c1-5-10-22(13(2)3)18(26)16-21-9-8-20(4,29-21)15(19(27)28)14(21)17(25)23(16)11-6-7-12-24/h5,13-16,24H,1,6-12H2,2-4H3,(H,27,28)/t14-,15+,16?,20-,21?/m0/s1. The number of unbranched alkanes of at least 4 members (excludes halogenated alkanes) is 1. The fourth-order valence-corrected chi connectivity index (χ4v) is 7.91. The Balaban J connectivity index is 2.04. The van der Waals surface area contributed by atoms with Crippen LogP contribution in [-0.2, 0) is 14.4 Å². The highest BCUT2D eigenvalue weighted by Gasteiger charge is 2.77. The van der Waals surface area contributed by atoms with Crippen LogP contribution in [0.15, 0.2) is 12.7 Å². The number of thioether (sulfide) groups is 1. The summed E-state index contributed by atoms with van der Waals surface area (Å²) in [5.41, 5.74) is 0. The van der Waals surface area contributed by atoms with Crippen molar-refractivity contribution in [1.82, 2.24) is 9.80 Å². The summed E-state index contributed by atoms with van der Waals surface area (Å²) >= 11 is 1.55. The molecule has 3 rings (SSSR count). The molecule has 7 nitrogen and oxygen atoms in total. The largest absolute Gasteiger partial charge is 0.481 e. The van der Waals surface area contributed by atoms with Crippen LogP contribution in [0.1, 0.15) is 46.5 Å². The van der Waals surface area contributed by atoms with Gasteiger partial charge in [0, 0.05) is 30.5 Å². The summed E-state index contributed by atoms with van der Waals surface area (Å²) in [4.78, 5) is 42.7. The van der Waals surface area contributed by atoms with E-state index in [9.17, 15) is 19.5 Å². The van der Waals surface area contributed by atoms with Crippen LogP contribution in [-0.4, -0.2) is 79.1 Å². The van der Waals surface area contributed by atoms with Gasteiger partial charge in [0.2, 0.25) is 11.8 Å². The van der Waals surface area contributed by atoms with Gasteiger partial charge in [-0.15, -0.1) is 18.3 Å². The fraction of sp³-hybridized carbons (Fsp3) is 0.762. The number of likely N-dealkylation sites (tertiary alicyclic amines) is 1. The van der Waals surface area contributed by atoms with E-state index in [4.69, 9.17) is 5.11 Å². The summed E-state index contributed by atoms with van der Waals surface area (Å²) in [6.07, 6.45) is 4.16. The number of amides is 2. The van der Waals surface area contributed by atoms with Crippen molar-refractivity contribution in [3.8, 4) is 0 Å². The summed E-state index contributed by atoms with van der Waals surface area (Å²) < 4.78 is -1.22. The lowest BCUT2D eigenvalue weighted by Gasteiger charge is -2.38. The third kappa shape index (κ3) is 3.28. The van der Waals surface area contributed by atoms with Crippen molar-refractivity contribution in [1.29, 1.82) is 0 Å². The van der Waals surface area contributed by atoms with E-state index in [1.165, 1.54) is 0 Å². The summed E-state index contributed by atoms with van der Waals surface area (Å²) in [5, 5.41) is 19.1. The van der Waals surface area contributed by atoms with Gasteiger partial charge in [-0.3, -0.25) is 14.4 Å². The van der Waals surface area contributed by atoms with Crippen LogP contribution >= 0.6 is 11.8 Å². The first-order valence-electron chi connectivity index (χ1n) is 10.4. The van der Waals surface area contributed by atoms with Gasteiger partial charge in [-0.05, 0) is 46.5 Å². The van der Waals surface area contributed by atoms with Crippen molar-refractivity contribution in [2.45, 2.75) is 68.0 Å². The van der Waals surface area contributed by atoms with Gasteiger partial charge in [0.25, 0.3) is 0 Å². The summed E-state index contributed by atoms with van der Waals surface area (Å²) in [6, 6.07) is -0.725. The number of carbonyl (C=O) groups excluding carboxylic acids is 2. The lowest BCUT2D eigenvalue weighted by Crippen LogP contribution is -2.56. The number of aliphatic hydroxyl groups excluding tert-OH is 1. The van der Waals surface area contributed by atoms with E-state index < -0.39 is 33.3 Å². The van der Waals surface area contributed by atoms with E-state index in [-0.39, 0.29) is 24.5 Å². The van der Waals surface area contributed by atoms with Gasteiger partial charge >= 0.3 is 5.97 Å². The number of hydrogen-bond acceptors (Lipinski definition) is 5. The van der Waals surface area contributed by atoms with Crippen molar-refractivity contribution >= 4 is 29.5 Å². The highest BCUT2D eigenvalue weighted by atomic mass is 32.2. The Morgan fingerprint density at radius 2 is 2.07 bits per heavy atom. The van der Waals surface area contributed by atoms with Crippen LogP contribution in [0.5, 0.6) is 0 Å². The Hall–Kier alpha value is -1.54. The number of nitrogens with zero attached hydrogens (tertiary/aromatic N) is 2. The van der Waals surface area contributed by atoms with E-state index in [2.05, 4.69) is 6.58 Å². The van der Waals surface area contributed by atoms with Crippen LogP contribution in [0.3, 0.4) is 0 Å². The smallest absolute Gasteiger partial charge is 0.308 e. The van der Waals surface area contributed by atoms with Crippen LogP contribution in [0.4, 0.5) is 0 Å². The monoisotopic (exact) mass is 424 g/mol. The molecule has 3 heterocycles. The highest BCUT2D eigenvalue weighted by Crippen LogP contribution is 2.71. The number of fused-ring (bicyclic) bond motifs is 1. The molecule has 3 saturated heterocycles. The van der Waals surface area contributed by atoms with Gasteiger partial charge < -0.3 is 20.0 Å². The van der Waals surface area contributed by atoms with E-state index in [0.29, 0.717) is 38.8 Å². The Morgan fingerprint density at radius 3 is 2.62 bits per heavy atom. The molecule has 0 aromatic carbocycles. The molecule has 0 aliphatic carbocycles. The van der Waals surface area contributed by atoms with Gasteiger partial charge in [0.15, 0.2) is 0 Å². The van der Waals surface area contributed by atoms with Gasteiger partial charge in [-0.1, -0.05) is 6.08 Å². The van der Waals surface area contributed by atoms with Crippen molar-refractivity contribution in [3.63, 3.8) is 0 Å². The average Bonchev–Trinajstić information content (AvgIpc) is 3.20. The first-order valence-corrected chi connectivity index (χ1v) is 11.2. The molecule has 2 bridgehead atoms. The van der Waals surface area contributed by atoms with Crippen molar-refractivity contribution in [2.75, 3.05) is 19.7 Å². The molecule has 162 valence electrons. The molecule has 2 amide bonds. The summed E-state index contributed by atoms with van der Waals surface area (Å²) in [6.45, 7) is 10.3. The summed E-state index contributed by atoms with van der Waals surface area (Å²) in [7, 11) is 0. The highest BCUT2D eigenvalue weighted by molar-refractivity contribution is 8.02. The average molecular weight is 425 g/mol. The maximum Gasteiger partial charge on any atom is 0.308 e. The predicted molar refractivity (Wildman–Crippen MR) is 111 cm³/mol. The Bertz CT molecular complexity index is 713. The second-order valence-electron chi connectivity index (χ2n) is 8.90. The second kappa shape index (κ2) is 7.95. The topological polar surface area (TPSA) is 98.2 Å². The van der Waals surface area contributed by atoms with E-state index >= 15 is 0 Å². The van der Waals surface area contributed by atoms with Crippen LogP contribution in [0, 0.1) is 11.8 Å². The molecule has 0 aromatic rings. The lowest BCUT2D eigenvalue weighted by molar-refractivity contribution is -0.150. The minimum atomic E-state index is -0.949. The molecule has 2 unspecified atom stereocenters. The number of aliphatic hydroxyl groups is 1. The maximum absolute atomic E-state index is 13.7. The Kier molecular flexibility index (Phi) is 6.07. The SMILES string of the molecule is C=CCN(C(=O)C1N(CCCCO)C(=O)[C@@H]2[C@H](C(=O)O)[C@]3(C)CCC12S3)C(C)C. The number of rotatable bonds is 9. The predicted octanol–water partition coefficient (Wildman–Crippen LogP) is 1.75. The third-order valence-electron chi connectivity index (χ3n) is 6.82. The normalized spacial score (nSPS) is 35.3. The van der Waals surface area contributed by atoms with Crippen LogP contribution < -0.4 is 0 Å². The molecule has 29 heavy (non-hydrogen) atoms. The fourth-order valence-electron chi connectivity index (χ4n) is 5.57. The number of carbonyl (C=O) groups is 3. The molecule has 2 N–H and O–H groups in total. The molecule has 5 atom stereocenters. The van der Waals surface area contributed by atoms with E-state index in [1.54, 1.807) is 27.6 Å². The minimum absolute atomic E-state index is 0.0222. The molecule has 0 radical (unpaired) electrons. The molecule has 0 aromatic heterocycles. The quantitative estimate of drug-likeness (QED) is 0.432. The molecule has 8 heteroatoms. The van der Waals surface area contributed by atoms with Crippen LogP contribution in [0.25, 0.3) is 0 Å². The zero-order chi connectivity index (χ0) is 21.6. The van der Waals surface area contributed by atoms with Crippen molar-refractivity contribution in [3.05, 3.63) is 12.7 Å². The molecule has 0 saturated carbocycles. The molecule has 3 aliphatic heterocycles. The van der Waals surface area contributed by atoms with Crippen LogP contribution in [0.2, 0.25) is 0 Å². The van der Waals surface area contributed by atoms with E-state index in [1.807, 2.05) is 20.8 Å².